The molecule has 128 valence electrons. The van der Waals surface area contributed by atoms with Gasteiger partial charge < -0.3 is 25.4 Å². The SMILES string of the molecule is Nc1nc(=O)n([C@@H]2C[C@@H](O)[C@H](CO)O2)cc1OCc1ccccc1. The number of nitrogens with zero attached hydrogens (tertiary/aromatic N) is 2. The summed E-state index contributed by atoms with van der Waals surface area (Å²) in [7, 11) is 0. The van der Waals surface area contributed by atoms with Crippen molar-refractivity contribution in [3.63, 3.8) is 0 Å². The van der Waals surface area contributed by atoms with Crippen LogP contribution in [0.4, 0.5) is 5.82 Å². The number of anilines is 1. The van der Waals surface area contributed by atoms with Crippen LogP contribution in [-0.4, -0.2) is 38.6 Å². The molecule has 1 aliphatic heterocycles. The van der Waals surface area contributed by atoms with Crippen molar-refractivity contribution in [3.05, 3.63) is 52.6 Å². The third-order valence-electron chi connectivity index (χ3n) is 3.88. The Bertz CT molecular complexity index is 749. The van der Waals surface area contributed by atoms with Crippen molar-refractivity contribution in [1.82, 2.24) is 9.55 Å². The number of nitrogens with two attached hydrogens (primary N) is 1. The number of hydrogen-bond acceptors (Lipinski definition) is 7. The highest BCUT2D eigenvalue weighted by molar-refractivity contribution is 5.43. The Hall–Kier alpha value is -2.42. The summed E-state index contributed by atoms with van der Waals surface area (Å²) in [4.78, 5) is 15.8. The fraction of sp³-hybridized carbons (Fsp3) is 0.375. The first-order valence-corrected chi connectivity index (χ1v) is 7.58. The maximum absolute atomic E-state index is 12.0. The predicted octanol–water partition coefficient (Wildman–Crippen LogP) is 0.0452. The molecule has 1 saturated heterocycles. The van der Waals surface area contributed by atoms with E-state index < -0.39 is 24.1 Å². The summed E-state index contributed by atoms with van der Waals surface area (Å²) < 4.78 is 12.3. The molecule has 2 aromatic rings. The quantitative estimate of drug-likeness (QED) is 0.707. The summed E-state index contributed by atoms with van der Waals surface area (Å²) in [5.41, 5.74) is 6.10. The Balaban J connectivity index is 1.80. The molecule has 0 unspecified atom stereocenters. The molecular weight excluding hydrogens is 314 g/mol. The van der Waals surface area contributed by atoms with Gasteiger partial charge in [-0.3, -0.25) is 4.57 Å². The molecule has 3 rings (SSSR count). The zero-order chi connectivity index (χ0) is 17.1. The summed E-state index contributed by atoms with van der Waals surface area (Å²) >= 11 is 0. The van der Waals surface area contributed by atoms with Crippen molar-refractivity contribution in [2.75, 3.05) is 12.3 Å². The number of nitrogen functional groups attached to an aromatic ring is 1. The largest absolute Gasteiger partial charge is 0.483 e. The van der Waals surface area contributed by atoms with E-state index in [9.17, 15) is 9.90 Å². The third kappa shape index (κ3) is 3.40. The lowest BCUT2D eigenvalue weighted by molar-refractivity contribution is -0.0460. The van der Waals surface area contributed by atoms with Gasteiger partial charge in [-0.15, -0.1) is 0 Å². The number of aromatic nitrogens is 2. The van der Waals surface area contributed by atoms with Gasteiger partial charge in [0, 0.05) is 6.42 Å². The average molecular weight is 333 g/mol. The van der Waals surface area contributed by atoms with Gasteiger partial charge in [-0.25, -0.2) is 4.79 Å². The van der Waals surface area contributed by atoms with Crippen LogP contribution < -0.4 is 16.2 Å². The second-order valence-corrected chi connectivity index (χ2v) is 5.57. The molecule has 0 aliphatic carbocycles. The highest BCUT2D eigenvalue weighted by atomic mass is 16.5. The molecular formula is C16H19N3O5. The van der Waals surface area contributed by atoms with Crippen molar-refractivity contribution < 1.29 is 19.7 Å². The van der Waals surface area contributed by atoms with Crippen LogP contribution in [0.2, 0.25) is 0 Å². The van der Waals surface area contributed by atoms with Gasteiger partial charge in [0.1, 0.15) is 18.9 Å². The molecule has 0 amide bonds. The second-order valence-electron chi connectivity index (χ2n) is 5.57. The van der Waals surface area contributed by atoms with Gasteiger partial charge in [0.2, 0.25) is 0 Å². The van der Waals surface area contributed by atoms with E-state index in [2.05, 4.69) is 4.98 Å². The Morgan fingerprint density at radius 2 is 2.12 bits per heavy atom. The van der Waals surface area contributed by atoms with Crippen LogP contribution in [0.1, 0.15) is 18.2 Å². The minimum absolute atomic E-state index is 0.00978. The molecule has 8 nitrogen and oxygen atoms in total. The molecule has 8 heteroatoms. The van der Waals surface area contributed by atoms with E-state index >= 15 is 0 Å². The van der Waals surface area contributed by atoms with Gasteiger partial charge in [0.15, 0.2) is 11.6 Å². The summed E-state index contributed by atoms with van der Waals surface area (Å²) in [5.74, 6) is 0.244. The molecule has 0 spiro atoms. The minimum Gasteiger partial charge on any atom is -0.483 e. The normalized spacial score (nSPS) is 23.3. The smallest absolute Gasteiger partial charge is 0.351 e. The lowest BCUT2D eigenvalue weighted by Crippen LogP contribution is -2.28. The maximum Gasteiger partial charge on any atom is 0.351 e. The van der Waals surface area contributed by atoms with Crippen LogP contribution >= 0.6 is 0 Å². The highest BCUT2D eigenvalue weighted by Gasteiger charge is 2.35. The number of benzene rings is 1. The highest BCUT2D eigenvalue weighted by Crippen LogP contribution is 2.29. The van der Waals surface area contributed by atoms with E-state index in [-0.39, 0.29) is 31.2 Å². The van der Waals surface area contributed by atoms with Crippen molar-refractivity contribution >= 4 is 5.82 Å². The lowest BCUT2D eigenvalue weighted by Gasteiger charge is -2.16. The Morgan fingerprint density at radius 3 is 2.79 bits per heavy atom. The second kappa shape index (κ2) is 7.00. The average Bonchev–Trinajstić information content (AvgIpc) is 2.95. The molecule has 2 heterocycles. The number of ether oxygens (including phenoxy) is 2. The fourth-order valence-corrected chi connectivity index (χ4v) is 2.57. The summed E-state index contributed by atoms with van der Waals surface area (Å²) in [6.07, 6.45) is -0.706. The fourth-order valence-electron chi connectivity index (χ4n) is 2.57. The van der Waals surface area contributed by atoms with Gasteiger partial charge in [-0.2, -0.15) is 4.98 Å². The molecule has 1 aromatic carbocycles. The number of aliphatic hydroxyl groups is 2. The van der Waals surface area contributed by atoms with Gasteiger partial charge in [0.05, 0.1) is 18.9 Å². The van der Waals surface area contributed by atoms with Crippen molar-refractivity contribution in [1.29, 1.82) is 0 Å². The monoisotopic (exact) mass is 333 g/mol. The van der Waals surface area contributed by atoms with Gasteiger partial charge >= 0.3 is 5.69 Å². The van der Waals surface area contributed by atoms with Crippen LogP contribution in [0.5, 0.6) is 5.75 Å². The van der Waals surface area contributed by atoms with E-state index in [1.807, 2.05) is 30.3 Å². The number of aliphatic hydroxyl groups excluding tert-OH is 2. The first-order valence-electron chi connectivity index (χ1n) is 7.58. The standard InChI is InChI=1S/C16H19N3O5/c17-15-12(23-9-10-4-2-1-3-5-10)7-19(16(22)18-15)14-6-11(21)13(8-20)24-14/h1-5,7,11,13-14,20-21H,6,8-9H2,(H2,17,18,22)/t11-,13+,14+/m1/s1. The van der Waals surface area contributed by atoms with E-state index in [0.717, 1.165) is 5.56 Å². The summed E-state index contributed by atoms with van der Waals surface area (Å²) in [6.45, 7) is -0.0511. The molecule has 1 fully saturated rings. The summed E-state index contributed by atoms with van der Waals surface area (Å²) in [5, 5.41) is 19.0. The Kier molecular flexibility index (Phi) is 4.79. The van der Waals surface area contributed by atoms with Crippen LogP contribution in [0.15, 0.2) is 41.3 Å². The zero-order valence-electron chi connectivity index (χ0n) is 12.9. The van der Waals surface area contributed by atoms with Crippen LogP contribution in [-0.2, 0) is 11.3 Å². The molecule has 1 aliphatic rings. The number of hydrogen-bond donors (Lipinski definition) is 3. The molecule has 1 aromatic heterocycles. The van der Waals surface area contributed by atoms with E-state index in [1.54, 1.807) is 0 Å². The van der Waals surface area contributed by atoms with E-state index in [4.69, 9.17) is 20.3 Å². The van der Waals surface area contributed by atoms with E-state index in [0.29, 0.717) is 0 Å². The van der Waals surface area contributed by atoms with Gasteiger partial charge in [-0.05, 0) is 5.56 Å². The third-order valence-corrected chi connectivity index (χ3v) is 3.88. The molecule has 0 saturated carbocycles. The zero-order valence-corrected chi connectivity index (χ0v) is 12.9. The maximum atomic E-state index is 12.0. The van der Waals surface area contributed by atoms with Crippen molar-refractivity contribution in [2.24, 2.45) is 0 Å². The molecule has 4 N–H and O–H groups in total. The number of rotatable bonds is 5. The molecule has 0 bridgehead atoms. The van der Waals surface area contributed by atoms with Crippen LogP contribution in [0, 0.1) is 0 Å². The van der Waals surface area contributed by atoms with E-state index in [1.165, 1.54) is 10.8 Å². The first-order chi connectivity index (χ1) is 11.6. The van der Waals surface area contributed by atoms with Gasteiger partial charge in [-0.1, -0.05) is 30.3 Å². The van der Waals surface area contributed by atoms with Crippen molar-refractivity contribution in [2.45, 2.75) is 31.5 Å². The lowest BCUT2D eigenvalue weighted by atomic mass is 10.2. The predicted molar refractivity (Wildman–Crippen MR) is 85.3 cm³/mol. The summed E-state index contributed by atoms with van der Waals surface area (Å²) in [6, 6.07) is 9.50. The Morgan fingerprint density at radius 1 is 1.38 bits per heavy atom. The van der Waals surface area contributed by atoms with Crippen molar-refractivity contribution in [3.8, 4) is 5.75 Å². The van der Waals surface area contributed by atoms with Gasteiger partial charge in [0.25, 0.3) is 0 Å². The minimum atomic E-state index is -0.849. The molecule has 3 atom stereocenters. The van der Waals surface area contributed by atoms with Crippen LogP contribution in [0.3, 0.4) is 0 Å². The first kappa shape index (κ1) is 16.4. The Labute approximate surface area is 138 Å². The molecule has 24 heavy (non-hydrogen) atoms. The van der Waals surface area contributed by atoms with Crippen LogP contribution in [0.25, 0.3) is 0 Å². The topological polar surface area (TPSA) is 120 Å². The molecule has 0 radical (unpaired) electrons.